The number of likely N-dealkylation sites (tertiary alicyclic amines) is 1. The molecule has 2 atom stereocenters. The Morgan fingerprint density at radius 3 is 2.48 bits per heavy atom. The van der Waals surface area contributed by atoms with Crippen molar-refractivity contribution in [2.45, 2.75) is 51.4 Å². The molecule has 1 aromatic carbocycles. The summed E-state index contributed by atoms with van der Waals surface area (Å²) in [4.78, 5) is 45.6. The van der Waals surface area contributed by atoms with Crippen LogP contribution in [-0.2, 0) is 11.3 Å². The van der Waals surface area contributed by atoms with Gasteiger partial charge in [-0.2, -0.15) is 0 Å². The second-order valence-electron chi connectivity index (χ2n) is 11.0. The van der Waals surface area contributed by atoms with E-state index in [9.17, 15) is 19.5 Å². The predicted octanol–water partition coefficient (Wildman–Crippen LogP) is 3.50. The third kappa shape index (κ3) is 4.89. The van der Waals surface area contributed by atoms with Crippen LogP contribution in [0.5, 0.6) is 11.5 Å². The number of halogens is 1. The number of aromatic carboxylic acids is 1. The lowest BCUT2D eigenvalue weighted by Gasteiger charge is -2.35. The summed E-state index contributed by atoms with van der Waals surface area (Å²) < 4.78 is 33.3. The minimum atomic E-state index is -1.43. The van der Waals surface area contributed by atoms with Crippen LogP contribution in [0.3, 0.4) is 0 Å². The van der Waals surface area contributed by atoms with E-state index in [1.165, 1.54) is 25.0 Å². The van der Waals surface area contributed by atoms with Crippen LogP contribution in [0.2, 0.25) is 0 Å². The van der Waals surface area contributed by atoms with E-state index < -0.39 is 34.5 Å². The summed E-state index contributed by atoms with van der Waals surface area (Å²) in [7, 11) is 3.03. The Kier molecular flexibility index (Phi) is 6.80. The van der Waals surface area contributed by atoms with Gasteiger partial charge in [-0.25, -0.2) is 19.0 Å². The van der Waals surface area contributed by atoms with Gasteiger partial charge in [0.05, 0.1) is 38.2 Å². The molecule has 2 aliphatic heterocycles. The zero-order chi connectivity index (χ0) is 28.9. The number of hydrogen-bond acceptors (Lipinski definition) is 8. The van der Waals surface area contributed by atoms with Crippen molar-refractivity contribution in [3.8, 4) is 11.5 Å². The van der Waals surface area contributed by atoms with E-state index in [0.717, 1.165) is 6.07 Å². The van der Waals surface area contributed by atoms with Crippen LogP contribution in [0.15, 0.2) is 35.3 Å². The maximum Gasteiger partial charge on any atom is 0.410 e. The standard InChI is InChI=1S/C28H31FN4O7/c1-28(2,3)40-27(37)33-13-16-8-17(33)12-32(16)25-21(29)10-19-23(34)20(26(35)36)14-31(24(19)30-25)11-15-6-7-18(38-4)9-22(15)39-5/h6-7,9-10,14,16-17H,8,11-13H2,1-5H3,(H,35,36)/t16-,17-/m0/s1. The minimum absolute atomic E-state index is 0.0433. The Labute approximate surface area is 229 Å². The summed E-state index contributed by atoms with van der Waals surface area (Å²) in [5, 5.41) is 9.53. The van der Waals surface area contributed by atoms with Crippen molar-refractivity contribution in [3.05, 3.63) is 57.6 Å². The molecule has 2 bridgehead atoms. The molecule has 3 aromatic rings. The molecule has 0 aliphatic carbocycles. The van der Waals surface area contributed by atoms with E-state index in [0.29, 0.717) is 36.6 Å². The fourth-order valence-electron chi connectivity index (χ4n) is 5.39. The maximum atomic E-state index is 15.5. The summed E-state index contributed by atoms with van der Waals surface area (Å²) in [5.74, 6) is -1.06. The number of carbonyl (C=O) groups is 2. The first-order chi connectivity index (χ1) is 18.9. The molecule has 2 aliphatic rings. The van der Waals surface area contributed by atoms with Crippen molar-refractivity contribution in [1.29, 1.82) is 0 Å². The van der Waals surface area contributed by atoms with Crippen LogP contribution in [0.25, 0.3) is 11.0 Å². The molecule has 12 heteroatoms. The number of benzene rings is 1. The molecule has 212 valence electrons. The molecule has 0 saturated carbocycles. The van der Waals surface area contributed by atoms with Crippen LogP contribution in [0.1, 0.15) is 43.1 Å². The van der Waals surface area contributed by atoms with Gasteiger partial charge in [0.2, 0.25) is 5.43 Å². The smallest absolute Gasteiger partial charge is 0.410 e. The predicted molar refractivity (Wildman–Crippen MR) is 144 cm³/mol. The highest BCUT2D eigenvalue weighted by molar-refractivity contribution is 5.92. The van der Waals surface area contributed by atoms with Crippen molar-refractivity contribution < 1.29 is 33.3 Å². The first-order valence-corrected chi connectivity index (χ1v) is 12.8. The molecule has 1 amide bonds. The van der Waals surface area contributed by atoms with Gasteiger partial charge in [0, 0.05) is 30.9 Å². The second-order valence-corrected chi connectivity index (χ2v) is 11.0. The van der Waals surface area contributed by atoms with E-state index >= 15 is 4.39 Å². The molecular weight excluding hydrogens is 523 g/mol. The minimum Gasteiger partial charge on any atom is -0.497 e. The van der Waals surface area contributed by atoms with Crippen LogP contribution in [-0.4, -0.2) is 76.6 Å². The molecule has 40 heavy (non-hydrogen) atoms. The van der Waals surface area contributed by atoms with E-state index in [2.05, 4.69) is 4.98 Å². The highest BCUT2D eigenvalue weighted by atomic mass is 19.1. The van der Waals surface area contributed by atoms with Gasteiger partial charge in [-0.1, -0.05) is 0 Å². The number of fused-ring (bicyclic) bond motifs is 3. The first-order valence-electron chi connectivity index (χ1n) is 12.8. The topological polar surface area (TPSA) is 123 Å². The third-order valence-electron chi connectivity index (χ3n) is 7.19. The molecule has 2 fully saturated rings. The van der Waals surface area contributed by atoms with Crippen LogP contribution >= 0.6 is 0 Å². The lowest BCUT2D eigenvalue weighted by Crippen LogP contribution is -2.50. The fourth-order valence-corrected chi connectivity index (χ4v) is 5.39. The number of rotatable bonds is 6. The second kappa shape index (κ2) is 10.00. The Balaban J connectivity index is 1.54. The van der Waals surface area contributed by atoms with Gasteiger partial charge in [-0.05, 0) is 45.4 Å². The number of amides is 1. The van der Waals surface area contributed by atoms with Gasteiger partial charge in [0.15, 0.2) is 11.6 Å². The van der Waals surface area contributed by atoms with Gasteiger partial charge in [-0.15, -0.1) is 0 Å². The third-order valence-corrected chi connectivity index (χ3v) is 7.19. The molecule has 2 aromatic heterocycles. The summed E-state index contributed by atoms with van der Waals surface area (Å²) in [6, 6.07) is 5.88. The fraction of sp³-hybridized carbons (Fsp3) is 0.429. The number of hydrogen-bond donors (Lipinski definition) is 1. The average Bonchev–Trinajstić information content (AvgIpc) is 3.50. The number of nitrogens with zero attached hydrogens (tertiary/aromatic N) is 4. The SMILES string of the molecule is COc1ccc(Cn2cc(C(=O)O)c(=O)c3cc(F)c(N4C[C@@H]5C[C@H]4CN5C(=O)OC(C)(C)C)nc32)c(OC)c1. The number of anilines is 1. The number of pyridine rings is 2. The van der Waals surface area contributed by atoms with Crippen LogP contribution < -0.4 is 19.8 Å². The molecule has 0 spiro atoms. The summed E-state index contributed by atoms with van der Waals surface area (Å²) >= 11 is 0. The van der Waals surface area contributed by atoms with Crippen LogP contribution in [0, 0.1) is 5.82 Å². The van der Waals surface area contributed by atoms with E-state index in [4.69, 9.17) is 14.2 Å². The number of carbonyl (C=O) groups excluding carboxylic acids is 1. The highest BCUT2D eigenvalue weighted by Crippen LogP contribution is 2.36. The molecule has 11 nitrogen and oxygen atoms in total. The quantitative estimate of drug-likeness (QED) is 0.488. The molecule has 0 radical (unpaired) electrons. The summed E-state index contributed by atoms with van der Waals surface area (Å²) in [6.45, 7) is 6.21. The van der Waals surface area contributed by atoms with Crippen molar-refractivity contribution in [2.75, 3.05) is 32.2 Å². The monoisotopic (exact) mass is 554 g/mol. The summed E-state index contributed by atoms with van der Waals surface area (Å²) in [6.07, 6.45) is 1.44. The number of methoxy groups -OCH3 is 2. The number of carboxylic acids is 1. The molecule has 0 unspecified atom stereocenters. The Bertz CT molecular complexity index is 1560. The number of piperazine rings is 1. The largest absolute Gasteiger partial charge is 0.497 e. The van der Waals surface area contributed by atoms with Gasteiger partial charge in [-0.3, -0.25) is 4.79 Å². The highest BCUT2D eigenvalue weighted by Gasteiger charge is 2.47. The number of ether oxygens (including phenoxy) is 3. The first kappa shape index (κ1) is 27.2. The summed E-state index contributed by atoms with van der Waals surface area (Å²) in [5.41, 5.74) is -1.14. The van der Waals surface area contributed by atoms with Gasteiger partial charge >= 0.3 is 12.1 Å². The normalized spacial score (nSPS) is 18.4. The van der Waals surface area contributed by atoms with Gasteiger partial charge in [0.1, 0.15) is 28.3 Å². The Hall–Kier alpha value is -4.35. The maximum absolute atomic E-state index is 15.5. The Morgan fingerprint density at radius 1 is 1.12 bits per heavy atom. The number of carboxylic acid groups (broad SMARTS) is 1. The zero-order valence-electron chi connectivity index (χ0n) is 22.9. The molecule has 1 N–H and O–H groups in total. The lowest BCUT2D eigenvalue weighted by molar-refractivity contribution is 0.0214. The molecule has 4 heterocycles. The molecule has 5 rings (SSSR count). The van der Waals surface area contributed by atoms with E-state index in [-0.39, 0.29) is 35.5 Å². The van der Waals surface area contributed by atoms with Crippen molar-refractivity contribution in [1.82, 2.24) is 14.5 Å². The molecule has 2 saturated heterocycles. The Morgan fingerprint density at radius 2 is 1.88 bits per heavy atom. The molecular formula is C28H31FN4O7. The van der Waals surface area contributed by atoms with Gasteiger partial charge < -0.3 is 33.7 Å². The van der Waals surface area contributed by atoms with Crippen LogP contribution in [0.4, 0.5) is 15.0 Å². The van der Waals surface area contributed by atoms with Gasteiger partial charge in [0.25, 0.3) is 0 Å². The van der Waals surface area contributed by atoms with Crippen molar-refractivity contribution in [3.63, 3.8) is 0 Å². The zero-order valence-corrected chi connectivity index (χ0v) is 22.9. The van der Waals surface area contributed by atoms with E-state index in [1.807, 2.05) is 0 Å². The van der Waals surface area contributed by atoms with Crippen molar-refractivity contribution in [2.24, 2.45) is 0 Å². The number of aromatic nitrogens is 2. The lowest BCUT2D eigenvalue weighted by atomic mass is 10.1. The van der Waals surface area contributed by atoms with Crippen molar-refractivity contribution >= 4 is 28.9 Å². The van der Waals surface area contributed by atoms with E-state index in [1.54, 1.807) is 48.8 Å². The average molecular weight is 555 g/mol.